The van der Waals surface area contributed by atoms with Gasteiger partial charge in [-0.15, -0.1) is 0 Å². The van der Waals surface area contributed by atoms with E-state index >= 15 is 0 Å². The summed E-state index contributed by atoms with van der Waals surface area (Å²) in [5.41, 5.74) is 8.90. The minimum atomic E-state index is -0.537. The highest BCUT2D eigenvalue weighted by atomic mass is 16.6. The van der Waals surface area contributed by atoms with Crippen molar-refractivity contribution in [2.45, 2.75) is 0 Å². The first-order chi connectivity index (χ1) is 13.2. The Kier molecular flexibility index (Phi) is 8.73. The molecule has 1 N–H and O–H groups in total. The van der Waals surface area contributed by atoms with Gasteiger partial charge in [-0.05, 0) is 21.9 Å². The molecule has 0 fully saturated rings. The lowest BCUT2D eigenvalue weighted by Crippen LogP contribution is -2.14. The Balaban J connectivity index is 1.56. The van der Waals surface area contributed by atoms with Crippen LogP contribution in [0.1, 0.15) is 0 Å². The number of aromatic nitrogens is 2. The van der Waals surface area contributed by atoms with Crippen molar-refractivity contribution < 1.29 is 23.8 Å². The van der Waals surface area contributed by atoms with Gasteiger partial charge < -0.3 is 19.5 Å². The number of ether oxygens (including phenoxy) is 3. The SMILES string of the molecule is [N-]=[N+]=NCCOCCOCCOCCNc1ccc([N+](=O)[O-])c2nonc12. The van der Waals surface area contributed by atoms with Crippen LogP contribution in [0, 0.1) is 10.1 Å². The molecule has 27 heavy (non-hydrogen) atoms. The third kappa shape index (κ3) is 6.67. The molecular formula is C14H19N7O6. The van der Waals surface area contributed by atoms with Crippen molar-refractivity contribution >= 4 is 22.4 Å². The molecule has 0 saturated carbocycles. The van der Waals surface area contributed by atoms with Crippen molar-refractivity contribution in [2.75, 3.05) is 58.0 Å². The summed E-state index contributed by atoms with van der Waals surface area (Å²) in [4.78, 5) is 13.0. The van der Waals surface area contributed by atoms with Crippen molar-refractivity contribution in [1.82, 2.24) is 10.3 Å². The van der Waals surface area contributed by atoms with Crippen LogP contribution >= 0.6 is 0 Å². The largest absolute Gasteiger partial charge is 0.381 e. The highest BCUT2D eigenvalue weighted by Gasteiger charge is 2.19. The van der Waals surface area contributed by atoms with Crippen LogP contribution in [0.3, 0.4) is 0 Å². The van der Waals surface area contributed by atoms with Crippen molar-refractivity contribution in [1.29, 1.82) is 0 Å². The number of nitro benzene ring substituents is 1. The average Bonchev–Trinajstić information content (AvgIpc) is 3.15. The second kappa shape index (κ2) is 11.6. The van der Waals surface area contributed by atoms with Gasteiger partial charge in [0.05, 0.1) is 50.3 Å². The quantitative estimate of drug-likeness (QED) is 0.128. The summed E-state index contributed by atoms with van der Waals surface area (Å²) in [5.74, 6) is 0. The number of rotatable bonds is 14. The second-order valence-electron chi connectivity index (χ2n) is 5.07. The van der Waals surface area contributed by atoms with E-state index in [2.05, 4.69) is 30.3 Å². The van der Waals surface area contributed by atoms with Gasteiger partial charge in [-0.2, -0.15) is 0 Å². The topological polar surface area (TPSA) is 171 Å². The smallest absolute Gasteiger partial charge is 0.300 e. The number of non-ortho nitro benzene ring substituents is 1. The van der Waals surface area contributed by atoms with Crippen LogP contribution in [-0.4, -0.2) is 68.0 Å². The summed E-state index contributed by atoms with van der Waals surface area (Å²) >= 11 is 0. The third-order valence-corrected chi connectivity index (χ3v) is 3.30. The molecule has 0 atom stereocenters. The number of nitrogens with zero attached hydrogens (tertiary/aromatic N) is 6. The number of hydrogen-bond donors (Lipinski definition) is 1. The molecule has 1 heterocycles. The van der Waals surface area contributed by atoms with Gasteiger partial charge in [0, 0.05) is 24.1 Å². The molecule has 0 aliphatic carbocycles. The lowest BCUT2D eigenvalue weighted by molar-refractivity contribution is -0.383. The fourth-order valence-electron chi connectivity index (χ4n) is 2.09. The molecule has 1 aromatic heterocycles. The van der Waals surface area contributed by atoms with E-state index < -0.39 is 4.92 Å². The summed E-state index contributed by atoms with van der Waals surface area (Å²) in [5, 5.41) is 24.6. The molecule has 13 nitrogen and oxygen atoms in total. The first-order valence-electron chi connectivity index (χ1n) is 8.11. The molecule has 2 aromatic rings. The maximum absolute atomic E-state index is 10.9. The first-order valence-corrected chi connectivity index (χ1v) is 8.11. The molecule has 0 unspecified atom stereocenters. The predicted octanol–water partition coefficient (Wildman–Crippen LogP) is 1.90. The lowest BCUT2D eigenvalue weighted by atomic mass is 10.2. The van der Waals surface area contributed by atoms with Crippen molar-refractivity contribution in [2.24, 2.45) is 5.11 Å². The highest BCUT2D eigenvalue weighted by Crippen LogP contribution is 2.28. The number of benzene rings is 1. The molecule has 1 aromatic carbocycles. The molecule has 13 heteroatoms. The highest BCUT2D eigenvalue weighted by molar-refractivity contribution is 5.93. The zero-order chi connectivity index (χ0) is 19.3. The molecule has 0 aliphatic heterocycles. The van der Waals surface area contributed by atoms with E-state index in [0.29, 0.717) is 63.9 Å². The van der Waals surface area contributed by atoms with Gasteiger partial charge in [0.2, 0.25) is 5.52 Å². The molecule has 0 spiro atoms. The van der Waals surface area contributed by atoms with Gasteiger partial charge in [-0.1, -0.05) is 5.11 Å². The number of nitro groups is 1. The lowest BCUT2D eigenvalue weighted by Gasteiger charge is -2.08. The summed E-state index contributed by atoms with van der Waals surface area (Å²) < 4.78 is 20.5. The van der Waals surface area contributed by atoms with Crippen LogP contribution in [0.5, 0.6) is 0 Å². The fraction of sp³-hybridized carbons (Fsp3) is 0.571. The Labute approximate surface area is 153 Å². The van der Waals surface area contributed by atoms with Crippen LogP contribution in [0.2, 0.25) is 0 Å². The normalized spacial score (nSPS) is 10.7. The predicted molar refractivity (Wildman–Crippen MR) is 93.4 cm³/mol. The Morgan fingerprint density at radius 1 is 1.11 bits per heavy atom. The zero-order valence-corrected chi connectivity index (χ0v) is 14.4. The Morgan fingerprint density at radius 3 is 2.48 bits per heavy atom. The van der Waals surface area contributed by atoms with Crippen LogP contribution < -0.4 is 5.32 Å². The monoisotopic (exact) mass is 381 g/mol. The van der Waals surface area contributed by atoms with Gasteiger partial charge >= 0.3 is 5.69 Å². The minimum Gasteiger partial charge on any atom is -0.381 e. The summed E-state index contributed by atoms with van der Waals surface area (Å²) in [7, 11) is 0. The van der Waals surface area contributed by atoms with E-state index in [1.165, 1.54) is 6.07 Å². The Bertz CT molecular complexity index is 776. The molecule has 0 amide bonds. The standard InChI is InChI=1S/C14H19N7O6/c15-20-17-4-6-25-8-10-26-9-7-24-5-3-16-11-1-2-12(21(22)23)14-13(11)18-27-19-14/h1-2,16H,3-10H2. The number of azide groups is 1. The van der Waals surface area contributed by atoms with Crippen LogP contribution in [0.4, 0.5) is 11.4 Å². The Hall–Kier alpha value is -2.99. The van der Waals surface area contributed by atoms with Crippen molar-refractivity contribution in [3.05, 3.63) is 32.7 Å². The molecule has 146 valence electrons. The maximum atomic E-state index is 10.9. The molecule has 0 bridgehead atoms. The first kappa shape index (κ1) is 20.3. The molecular weight excluding hydrogens is 362 g/mol. The number of fused-ring (bicyclic) bond motifs is 1. The van der Waals surface area contributed by atoms with Gasteiger partial charge in [0.1, 0.15) is 0 Å². The van der Waals surface area contributed by atoms with E-state index in [1.807, 2.05) is 0 Å². The van der Waals surface area contributed by atoms with Gasteiger partial charge in [0.25, 0.3) is 0 Å². The van der Waals surface area contributed by atoms with E-state index in [1.54, 1.807) is 6.07 Å². The summed E-state index contributed by atoms with van der Waals surface area (Å²) in [6.07, 6.45) is 0. The average molecular weight is 381 g/mol. The van der Waals surface area contributed by atoms with Crippen LogP contribution in [0.25, 0.3) is 21.5 Å². The zero-order valence-electron chi connectivity index (χ0n) is 14.4. The van der Waals surface area contributed by atoms with Gasteiger partial charge in [-0.3, -0.25) is 10.1 Å². The third-order valence-electron chi connectivity index (χ3n) is 3.30. The van der Waals surface area contributed by atoms with Crippen molar-refractivity contribution in [3.8, 4) is 0 Å². The van der Waals surface area contributed by atoms with E-state index in [4.69, 9.17) is 19.7 Å². The number of anilines is 1. The summed E-state index contributed by atoms with van der Waals surface area (Å²) in [6.45, 7) is 3.25. The number of nitrogens with one attached hydrogen (secondary N) is 1. The maximum Gasteiger partial charge on any atom is 0.300 e. The van der Waals surface area contributed by atoms with Gasteiger partial charge in [0.15, 0.2) is 5.52 Å². The molecule has 0 aliphatic rings. The Morgan fingerprint density at radius 2 is 1.78 bits per heavy atom. The fourth-order valence-corrected chi connectivity index (χ4v) is 2.09. The van der Waals surface area contributed by atoms with E-state index in [-0.39, 0.29) is 11.2 Å². The minimum absolute atomic E-state index is 0.0981. The second-order valence-corrected chi connectivity index (χ2v) is 5.07. The molecule has 2 rings (SSSR count). The van der Waals surface area contributed by atoms with E-state index in [9.17, 15) is 10.1 Å². The van der Waals surface area contributed by atoms with Crippen LogP contribution in [-0.2, 0) is 14.2 Å². The van der Waals surface area contributed by atoms with E-state index in [0.717, 1.165) is 0 Å². The summed E-state index contributed by atoms with van der Waals surface area (Å²) in [6, 6.07) is 2.90. The van der Waals surface area contributed by atoms with Crippen LogP contribution in [0.15, 0.2) is 21.9 Å². The van der Waals surface area contributed by atoms with Crippen molar-refractivity contribution in [3.63, 3.8) is 0 Å². The van der Waals surface area contributed by atoms with Gasteiger partial charge in [-0.25, -0.2) is 4.63 Å². The molecule has 0 saturated heterocycles. The molecule has 0 radical (unpaired) electrons. The number of hydrogen-bond acceptors (Lipinski definition) is 10.